The second kappa shape index (κ2) is 9.75. The van der Waals surface area contributed by atoms with E-state index in [2.05, 4.69) is 31.2 Å². The number of carbonyl (C=O) groups is 1. The van der Waals surface area contributed by atoms with Crippen molar-refractivity contribution >= 4 is 40.8 Å². The van der Waals surface area contributed by atoms with Crippen LogP contribution in [0.15, 0.2) is 54.6 Å². The van der Waals surface area contributed by atoms with Crippen LogP contribution >= 0.6 is 11.6 Å². The van der Waals surface area contributed by atoms with Crippen LogP contribution in [0.5, 0.6) is 0 Å². The molecule has 8 heteroatoms. The van der Waals surface area contributed by atoms with Crippen LogP contribution in [0, 0.1) is 13.8 Å². The van der Waals surface area contributed by atoms with E-state index in [0.29, 0.717) is 35.6 Å². The van der Waals surface area contributed by atoms with Crippen LogP contribution in [-0.4, -0.2) is 29.1 Å². The standard InChI is InChI=1S/C21H23ClN6O/c1-14-6-8-17(9-7-14)26-19-12-15(2)25-20(28-19)23-10-11-24-21(29)27-18-5-3-4-16(22)13-18/h3-9,12-13H,10-11H2,1-2H3,(H2,24,27,29)(H2,23,25,26,28). The van der Waals surface area contributed by atoms with Gasteiger partial charge in [0.05, 0.1) is 0 Å². The van der Waals surface area contributed by atoms with Crippen LogP contribution < -0.4 is 21.3 Å². The molecule has 0 aliphatic heterocycles. The number of carbonyl (C=O) groups excluding carboxylic acids is 1. The lowest BCUT2D eigenvalue weighted by Gasteiger charge is -2.11. The Labute approximate surface area is 174 Å². The predicted molar refractivity (Wildman–Crippen MR) is 118 cm³/mol. The van der Waals surface area contributed by atoms with Crippen LogP contribution in [0.4, 0.5) is 27.9 Å². The monoisotopic (exact) mass is 410 g/mol. The highest BCUT2D eigenvalue weighted by atomic mass is 35.5. The second-order valence-corrected chi connectivity index (χ2v) is 6.96. The van der Waals surface area contributed by atoms with Crippen molar-refractivity contribution in [2.24, 2.45) is 0 Å². The van der Waals surface area contributed by atoms with Gasteiger partial charge in [0, 0.05) is 41.2 Å². The molecular weight excluding hydrogens is 388 g/mol. The third kappa shape index (κ3) is 6.65. The number of amides is 2. The van der Waals surface area contributed by atoms with Crippen molar-refractivity contribution in [2.75, 3.05) is 29.0 Å². The van der Waals surface area contributed by atoms with Gasteiger partial charge in [0.2, 0.25) is 5.95 Å². The highest BCUT2D eigenvalue weighted by molar-refractivity contribution is 6.30. The second-order valence-electron chi connectivity index (χ2n) is 6.53. The van der Waals surface area contributed by atoms with Gasteiger partial charge in [-0.3, -0.25) is 0 Å². The molecule has 0 fully saturated rings. The number of urea groups is 1. The van der Waals surface area contributed by atoms with E-state index in [1.165, 1.54) is 5.56 Å². The van der Waals surface area contributed by atoms with Gasteiger partial charge in [0.15, 0.2) is 0 Å². The summed E-state index contributed by atoms with van der Waals surface area (Å²) in [4.78, 5) is 20.8. The molecule has 0 aliphatic carbocycles. The average molecular weight is 411 g/mol. The van der Waals surface area contributed by atoms with Crippen LogP contribution in [0.1, 0.15) is 11.3 Å². The number of hydrogen-bond donors (Lipinski definition) is 4. The zero-order valence-corrected chi connectivity index (χ0v) is 17.0. The van der Waals surface area contributed by atoms with Gasteiger partial charge in [-0.25, -0.2) is 9.78 Å². The summed E-state index contributed by atoms with van der Waals surface area (Å²) < 4.78 is 0. The quantitative estimate of drug-likeness (QED) is 0.423. The van der Waals surface area contributed by atoms with Gasteiger partial charge < -0.3 is 21.3 Å². The third-order valence-electron chi connectivity index (χ3n) is 3.95. The summed E-state index contributed by atoms with van der Waals surface area (Å²) in [5.74, 6) is 1.20. The smallest absolute Gasteiger partial charge is 0.319 e. The van der Waals surface area contributed by atoms with E-state index in [9.17, 15) is 4.79 Å². The summed E-state index contributed by atoms with van der Waals surface area (Å²) in [7, 11) is 0. The van der Waals surface area contributed by atoms with Gasteiger partial charge in [-0.05, 0) is 44.2 Å². The van der Waals surface area contributed by atoms with E-state index in [1.807, 2.05) is 44.2 Å². The number of anilines is 4. The first kappa shape index (κ1) is 20.4. The van der Waals surface area contributed by atoms with E-state index < -0.39 is 0 Å². The summed E-state index contributed by atoms with van der Waals surface area (Å²) in [6.45, 7) is 4.84. The molecule has 2 aromatic carbocycles. The van der Waals surface area contributed by atoms with E-state index in [1.54, 1.807) is 24.3 Å². The highest BCUT2D eigenvalue weighted by Gasteiger charge is 2.04. The fraction of sp³-hybridized carbons (Fsp3) is 0.190. The Kier molecular flexibility index (Phi) is 6.86. The molecule has 29 heavy (non-hydrogen) atoms. The van der Waals surface area contributed by atoms with Gasteiger partial charge in [-0.1, -0.05) is 35.4 Å². The molecule has 1 aromatic heterocycles. The molecule has 0 spiro atoms. The Morgan fingerprint density at radius 3 is 2.52 bits per heavy atom. The molecule has 0 atom stereocenters. The fourth-order valence-corrected chi connectivity index (χ4v) is 2.78. The normalized spacial score (nSPS) is 10.3. The van der Waals surface area contributed by atoms with Gasteiger partial charge in [-0.2, -0.15) is 4.98 Å². The molecule has 0 aliphatic rings. The SMILES string of the molecule is Cc1ccc(Nc2cc(C)nc(NCCNC(=O)Nc3cccc(Cl)c3)n2)cc1. The molecule has 0 saturated carbocycles. The van der Waals surface area contributed by atoms with Crippen molar-refractivity contribution in [1.29, 1.82) is 0 Å². The van der Waals surface area contributed by atoms with Crippen LogP contribution in [-0.2, 0) is 0 Å². The number of benzene rings is 2. The Morgan fingerprint density at radius 1 is 0.966 bits per heavy atom. The molecule has 7 nitrogen and oxygen atoms in total. The van der Waals surface area contributed by atoms with Crippen molar-refractivity contribution in [1.82, 2.24) is 15.3 Å². The van der Waals surface area contributed by atoms with Crippen LogP contribution in [0.3, 0.4) is 0 Å². The van der Waals surface area contributed by atoms with E-state index in [0.717, 1.165) is 11.4 Å². The Morgan fingerprint density at radius 2 is 1.76 bits per heavy atom. The van der Waals surface area contributed by atoms with Crippen molar-refractivity contribution in [3.8, 4) is 0 Å². The molecule has 4 N–H and O–H groups in total. The number of hydrogen-bond acceptors (Lipinski definition) is 5. The molecule has 2 amide bonds. The first-order chi connectivity index (χ1) is 14.0. The van der Waals surface area contributed by atoms with Gasteiger partial charge >= 0.3 is 6.03 Å². The number of aromatic nitrogens is 2. The van der Waals surface area contributed by atoms with Gasteiger partial charge in [0.1, 0.15) is 5.82 Å². The Balaban J connectivity index is 1.48. The molecule has 3 rings (SSSR count). The predicted octanol–water partition coefficient (Wildman–Crippen LogP) is 4.72. The topological polar surface area (TPSA) is 91.0 Å². The largest absolute Gasteiger partial charge is 0.352 e. The summed E-state index contributed by atoms with van der Waals surface area (Å²) in [5.41, 5.74) is 3.63. The maximum atomic E-state index is 11.9. The number of nitrogens with zero attached hydrogens (tertiary/aromatic N) is 2. The molecule has 3 aromatic rings. The van der Waals surface area contributed by atoms with E-state index >= 15 is 0 Å². The molecular formula is C21H23ClN6O. The molecule has 0 saturated heterocycles. The van der Waals surface area contributed by atoms with Crippen LogP contribution in [0.25, 0.3) is 0 Å². The molecule has 150 valence electrons. The summed E-state index contributed by atoms with van der Waals surface area (Å²) in [6, 6.07) is 16.6. The zero-order valence-electron chi connectivity index (χ0n) is 16.3. The lowest BCUT2D eigenvalue weighted by molar-refractivity contribution is 0.252. The fourth-order valence-electron chi connectivity index (χ4n) is 2.59. The van der Waals surface area contributed by atoms with Gasteiger partial charge in [0.25, 0.3) is 0 Å². The minimum Gasteiger partial charge on any atom is -0.352 e. The molecule has 0 bridgehead atoms. The van der Waals surface area contributed by atoms with Crippen LogP contribution in [0.2, 0.25) is 5.02 Å². The number of halogens is 1. The van der Waals surface area contributed by atoms with Crippen molar-refractivity contribution in [3.05, 3.63) is 70.9 Å². The Hall–Kier alpha value is -3.32. The lowest BCUT2D eigenvalue weighted by atomic mass is 10.2. The first-order valence-corrected chi connectivity index (χ1v) is 9.59. The molecule has 0 unspecified atom stereocenters. The average Bonchev–Trinajstić information content (AvgIpc) is 2.67. The summed E-state index contributed by atoms with van der Waals surface area (Å²) in [6.07, 6.45) is 0. The van der Waals surface area contributed by atoms with Gasteiger partial charge in [-0.15, -0.1) is 0 Å². The van der Waals surface area contributed by atoms with Crippen molar-refractivity contribution in [3.63, 3.8) is 0 Å². The maximum Gasteiger partial charge on any atom is 0.319 e. The zero-order chi connectivity index (χ0) is 20.6. The minimum atomic E-state index is -0.305. The lowest BCUT2D eigenvalue weighted by Crippen LogP contribution is -2.32. The number of rotatable bonds is 7. The summed E-state index contributed by atoms with van der Waals surface area (Å²) >= 11 is 5.91. The van der Waals surface area contributed by atoms with E-state index in [-0.39, 0.29) is 6.03 Å². The van der Waals surface area contributed by atoms with Crippen molar-refractivity contribution < 1.29 is 4.79 Å². The molecule has 1 heterocycles. The first-order valence-electron chi connectivity index (χ1n) is 9.21. The summed E-state index contributed by atoms with van der Waals surface area (Å²) in [5, 5.41) is 12.5. The molecule has 0 radical (unpaired) electrons. The number of nitrogens with one attached hydrogen (secondary N) is 4. The number of aryl methyl sites for hydroxylation is 2. The Bertz CT molecular complexity index is 977. The highest BCUT2D eigenvalue weighted by Crippen LogP contribution is 2.17. The van der Waals surface area contributed by atoms with Crippen molar-refractivity contribution in [2.45, 2.75) is 13.8 Å². The minimum absolute atomic E-state index is 0.305. The third-order valence-corrected chi connectivity index (χ3v) is 4.19. The maximum absolute atomic E-state index is 11.9. The van der Waals surface area contributed by atoms with E-state index in [4.69, 9.17) is 11.6 Å².